The summed E-state index contributed by atoms with van der Waals surface area (Å²) in [6, 6.07) is 6.06. The predicted molar refractivity (Wildman–Crippen MR) is 65.7 cm³/mol. The highest BCUT2D eigenvalue weighted by Crippen LogP contribution is 2.19. The van der Waals surface area contributed by atoms with Gasteiger partial charge < -0.3 is 9.52 Å². The highest BCUT2D eigenvalue weighted by Gasteiger charge is 2.24. The molecular formula is C13H17N3O2. The molecular weight excluding hydrogens is 230 g/mol. The van der Waals surface area contributed by atoms with Gasteiger partial charge in [-0.3, -0.25) is 9.58 Å². The highest BCUT2D eigenvalue weighted by atomic mass is 16.3. The van der Waals surface area contributed by atoms with Gasteiger partial charge in [0.25, 0.3) is 0 Å². The standard InChI is InChI=1S/C13H17N3O2/c17-10-12-4-6-16-11(3-5-14-16)8-15(12)9-13-2-1-7-18-13/h1-3,5,7,12,17H,4,6,8-10H2/t12-/m0/s1. The topological polar surface area (TPSA) is 54.4 Å². The zero-order valence-corrected chi connectivity index (χ0v) is 10.2. The minimum absolute atomic E-state index is 0.164. The molecule has 0 radical (unpaired) electrons. The molecule has 5 nitrogen and oxygen atoms in total. The van der Waals surface area contributed by atoms with E-state index in [-0.39, 0.29) is 12.6 Å². The molecule has 96 valence electrons. The fourth-order valence-electron chi connectivity index (χ4n) is 2.48. The molecule has 0 bridgehead atoms. The van der Waals surface area contributed by atoms with E-state index in [2.05, 4.69) is 10.00 Å². The molecule has 0 unspecified atom stereocenters. The maximum atomic E-state index is 9.53. The van der Waals surface area contributed by atoms with Gasteiger partial charge in [0.1, 0.15) is 5.76 Å². The van der Waals surface area contributed by atoms with Crippen LogP contribution in [0.3, 0.4) is 0 Å². The van der Waals surface area contributed by atoms with Gasteiger partial charge in [-0.25, -0.2) is 0 Å². The monoisotopic (exact) mass is 247 g/mol. The van der Waals surface area contributed by atoms with Crippen LogP contribution in [0.4, 0.5) is 0 Å². The van der Waals surface area contributed by atoms with E-state index in [1.807, 2.05) is 29.1 Å². The van der Waals surface area contributed by atoms with Gasteiger partial charge in [0, 0.05) is 25.3 Å². The lowest BCUT2D eigenvalue weighted by molar-refractivity contribution is 0.101. The molecule has 2 aromatic rings. The van der Waals surface area contributed by atoms with Gasteiger partial charge in [0.15, 0.2) is 0 Å². The average Bonchev–Trinajstić information content (AvgIpc) is 3.00. The number of aryl methyl sites for hydroxylation is 1. The van der Waals surface area contributed by atoms with E-state index in [0.29, 0.717) is 0 Å². The van der Waals surface area contributed by atoms with Gasteiger partial charge in [-0.1, -0.05) is 0 Å². The van der Waals surface area contributed by atoms with E-state index in [1.165, 1.54) is 5.69 Å². The fraction of sp³-hybridized carbons (Fsp3) is 0.462. The first kappa shape index (κ1) is 11.5. The number of hydrogen-bond donors (Lipinski definition) is 1. The number of hydrogen-bond acceptors (Lipinski definition) is 4. The number of fused-ring (bicyclic) bond motifs is 1. The second kappa shape index (κ2) is 4.96. The Morgan fingerprint density at radius 1 is 1.44 bits per heavy atom. The maximum Gasteiger partial charge on any atom is 0.117 e. The van der Waals surface area contributed by atoms with Crippen LogP contribution in [0.1, 0.15) is 17.9 Å². The second-order valence-electron chi connectivity index (χ2n) is 4.66. The van der Waals surface area contributed by atoms with Crippen LogP contribution >= 0.6 is 0 Å². The lowest BCUT2D eigenvalue weighted by Crippen LogP contribution is -2.36. The predicted octanol–water partition coefficient (Wildman–Crippen LogP) is 1.24. The Hall–Kier alpha value is -1.59. The van der Waals surface area contributed by atoms with Crippen LogP contribution in [-0.2, 0) is 19.6 Å². The van der Waals surface area contributed by atoms with Crippen LogP contribution in [0.15, 0.2) is 35.1 Å². The summed E-state index contributed by atoms with van der Waals surface area (Å²) in [5.41, 5.74) is 1.19. The van der Waals surface area contributed by atoms with Gasteiger partial charge in [-0.15, -0.1) is 0 Å². The maximum absolute atomic E-state index is 9.53. The third-order valence-electron chi connectivity index (χ3n) is 3.51. The first-order valence-corrected chi connectivity index (χ1v) is 6.25. The number of rotatable bonds is 3. The van der Waals surface area contributed by atoms with Crippen molar-refractivity contribution in [3.8, 4) is 0 Å². The summed E-state index contributed by atoms with van der Waals surface area (Å²) in [4.78, 5) is 2.25. The smallest absolute Gasteiger partial charge is 0.117 e. The van der Waals surface area contributed by atoms with Crippen LogP contribution < -0.4 is 0 Å². The SMILES string of the molecule is OC[C@@H]1CCn2nccc2CN1Cc1ccco1. The Morgan fingerprint density at radius 2 is 2.39 bits per heavy atom. The molecule has 1 aliphatic rings. The molecule has 1 atom stereocenters. The largest absolute Gasteiger partial charge is 0.468 e. The molecule has 5 heteroatoms. The second-order valence-corrected chi connectivity index (χ2v) is 4.66. The Balaban J connectivity index is 1.80. The van der Waals surface area contributed by atoms with Crippen molar-refractivity contribution in [3.05, 3.63) is 42.1 Å². The quantitative estimate of drug-likeness (QED) is 0.886. The van der Waals surface area contributed by atoms with Crippen LogP contribution in [0.25, 0.3) is 0 Å². The van der Waals surface area contributed by atoms with E-state index in [1.54, 1.807) is 6.26 Å². The zero-order chi connectivity index (χ0) is 12.4. The number of aliphatic hydroxyl groups excluding tert-OH is 1. The van der Waals surface area contributed by atoms with Gasteiger partial charge >= 0.3 is 0 Å². The molecule has 18 heavy (non-hydrogen) atoms. The van der Waals surface area contributed by atoms with Crippen LogP contribution in [0, 0.1) is 0 Å². The number of nitrogens with zero attached hydrogens (tertiary/aromatic N) is 3. The Morgan fingerprint density at radius 3 is 3.17 bits per heavy atom. The third kappa shape index (κ3) is 2.19. The number of furan rings is 1. The zero-order valence-electron chi connectivity index (χ0n) is 10.2. The van der Waals surface area contributed by atoms with Crippen LogP contribution in [0.2, 0.25) is 0 Å². The van der Waals surface area contributed by atoms with Crippen molar-refractivity contribution >= 4 is 0 Å². The Labute approximate surface area is 106 Å². The van der Waals surface area contributed by atoms with Crippen molar-refractivity contribution in [1.82, 2.24) is 14.7 Å². The molecule has 0 fully saturated rings. The lowest BCUT2D eigenvalue weighted by atomic mass is 10.2. The molecule has 0 aliphatic carbocycles. The van der Waals surface area contributed by atoms with Gasteiger partial charge in [0.05, 0.1) is 25.1 Å². The van der Waals surface area contributed by atoms with Crippen molar-refractivity contribution in [3.63, 3.8) is 0 Å². The van der Waals surface area contributed by atoms with E-state index >= 15 is 0 Å². The molecule has 1 aliphatic heterocycles. The normalized spacial score (nSPS) is 20.6. The van der Waals surface area contributed by atoms with E-state index in [4.69, 9.17) is 4.42 Å². The molecule has 0 saturated carbocycles. The van der Waals surface area contributed by atoms with Crippen molar-refractivity contribution in [1.29, 1.82) is 0 Å². The van der Waals surface area contributed by atoms with E-state index in [0.717, 1.165) is 31.8 Å². The molecule has 3 rings (SSSR count). The molecule has 3 heterocycles. The summed E-state index contributed by atoms with van der Waals surface area (Å²) < 4.78 is 7.41. The van der Waals surface area contributed by atoms with E-state index in [9.17, 15) is 5.11 Å². The van der Waals surface area contributed by atoms with Gasteiger partial charge in [0.2, 0.25) is 0 Å². The molecule has 0 amide bonds. The van der Waals surface area contributed by atoms with Crippen molar-refractivity contribution in [2.75, 3.05) is 6.61 Å². The summed E-state index contributed by atoms with van der Waals surface area (Å²) >= 11 is 0. The minimum atomic E-state index is 0.164. The average molecular weight is 247 g/mol. The molecule has 0 saturated heterocycles. The fourth-order valence-corrected chi connectivity index (χ4v) is 2.48. The third-order valence-corrected chi connectivity index (χ3v) is 3.51. The van der Waals surface area contributed by atoms with Crippen molar-refractivity contribution in [2.24, 2.45) is 0 Å². The molecule has 0 spiro atoms. The highest BCUT2D eigenvalue weighted by molar-refractivity contribution is 5.05. The Kier molecular flexibility index (Phi) is 3.17. The minimum Gasteiger partial charge on any atom is -0.468 e. The first-order valence-electron chi connectivity index (χ1n) is 6.25. The first-order chi connectivity index (χ1) is 8.86. The van der Waals surface area contributed by atoms with E-state index < -0.39 is 0 Å². The van der Waals surface area contributed by atoms with Crippen LogP contribution in [-0.4, -0.2) is 32.4 Å². The summed E-state index contributed by atoms with van der Waals surface area (Å²) in [6.45, 7) is 2.56. The molecule has 1 N–H and O–H groups in total. The van der Waals surface area contributed by atoms with Crippen molar-refractivity contribution < 1.29 is 9.52 Å². The summed E-state index contributed by atoms with van der Waals surface area (Å²) in [5.74, 6) is 0.932. The number of aliphatic hydroxyl groups is 1. The van der Waals surface area contributed by atoms with Crippen molar-refractivity contribution in [2.45, 2.75) is 32.1 Å². The lowest BCUT2D eigenvalue weighted by Gasteiger charge is -2.26. The molecule has 2 aromatic heterocycles. The Bertz CT molecular complexity index is 492. The van der Waals surface area contributed by atoms with Gasteiger partial charge in [-0.2, -0.15) is 5.10 Å². The summed E-state index contributed by atoms with van der Waals surface area (Å²) in [7, 11) is 0. The number of aromatic nitrogens is 2. The summed E-state index contributed by atoms with van der Waals surface area (Å²) in [5, 5.41) is 13.8. The van der Waals surface area contributed by atoms with Crippen LogP contribution in [0.5, 0.6) is 0 Å². The molecule has 0 aromatic carbocycles. The van der Waals surface area contributed by atoms with Gasteiger partial charge in [-0.05, 0) is 24.6 Å². The summed E-state index contributed by atoms with van der Waals surface area (Å²) in [6.07, 6.45) is 4.43.